The third-order valence-electron chi connectivity index (χ3n) is 5.16. The number of nitrogen functional groups attached to an aromatic ring is 1. The molecule has 3 rings (SSSR count). The van der Waals surface area contributed by atoms with Crippen molar-refractivity contribution in [3.63, 3.8) is 0 Å². The highest BCUT2D eigenvalue weighted by molar-refractivity contribution is 5.87. The highest BCUT2D eigenvalue weighted by Gasteiger charge is 2.13. The highest BCUT2D eigenvalue weighted by atomic mass is 16.5. The van der Waals surface area contributed by atoms with Crippen LogP contribution in [0.15, 0.2) is 48.5 Å². The smallest absolute Gasteiger partial charge is 0.258 e. The van der Waals surface area contributed by atoms with E-state index < -0.39 is 0 Å². The van der Waals surface area contributed by atoms with E-state index in [0.29, 0.717) is 47.6 Å². The van der Waals surface area contributed by atoms with Crippen molar-refractivity contribution in [3.05, 3.63) is 54.1 Å². The number of anilines is 4. The number of carbonyl (C=O) groups excluding carboxylic acids is 1. The third kappa shape index (κ3) is 7.41. The van der Waals surface area contributed by atoms with Crippen LogP contribution in [-0.2, 0) is 9.53 Å². The lowest BCUT2D eigenvalue weighted by Crippen LogP contribution is -2.34. The molecule has 3 aromatic rings. The molecule has 0 unspecified atom stereocenters. The molecule has 1 aromatic heterocycles. The van der Waals surface area contributed by atoms with Gasteiger partial charge in [-0.25, -0.2) is 9.97 Å². The molecule has 36 heavy (non-hydrogen) atoms. The van der Waals surface area contributed by atoms with Gasteiger partial charge >= 0.3 is 0 Å². The van der Waals surface area contributed by atoms with Crippen molar-refractivity contribution < 1.29 is 14.3 Å². The second-order valence-electron chi connectivity index (χ2n) is 8.50. The molecule has 0 bridgehead atoms. The lowest BCUT2D eigenvalue weighted by Gasteiger charge is -2.20. The molecule has 0 atom stereocenters. The van der Waals surface area contributed by atoms with Crippen LogP contribution in [0.4, 0.5) is 23.0 Å². The lowest BCUT2D eigenvalue weighted by molar-refractivity contribution is -0.123. The van der Waals surface area contributed by atoms with Crippen molar-refractivity contribution in [2.24, 2.45) is 0 Å². The molecule has 2 aromatic carbocycles. The number of likely N-dealkylation sites (N-methyl/N-ethyl adjacent to an activating group) is 1. The van der Waals surface area contributed by atoms with Crippen molar-refractivity contribution in [1.82, 2.24) is 15.3 Å². The molecular formula is C26H33N7O3. The van der Waals surface area contributed by atoms with Crippen LogP contribution < -0.4 is 26.0 Å². The van der Waals surface area contributed by atoms with Gasteiger partial charge in [-0.15, -0.1) is 0 Å². The van der Waals surface area contributed by atoms with E-state index in [2.05, 4.69) is 10.6 Å². The van der Waals surface area contributed by atoms with E-state index in [-0.39, 0.29) is 18.6 Å². The van der Waals surface area contributed by atoms with E-state index in [1.54, 1.807) is 31.4 Å². The molecule has 1 heterocycles. The Morgan fingerprint density at radius 1 is 1.19 bits per heavy atom. The SMILES string of the molecule is COCCN(C)c1cc(Nc2ccc(N)c(C=N)c2)nc(-c2cccc(OCC(=O)NC(C)C)c2)n1. The van der Waals surface area contributed by atoms with Gasteiger partial charge in [-0.3, -0.25) is 4.79 Å². The van der Waals surface area contributed by atoms with Gasteiger partial charge in [0.1, 0.15) is 17.4 Å². The molecule has 0 saturated heterocycles. The Hall–Kier alpha value is -4.18. The minimum atomic E-state index is -0.187. The summed E-state index contributed by atoms with van der Waals surface area (Å²) in [6.07, 6.45) is 1.21. The fraction of sp³-hybridized carbons (Fsp3) is 0.308. The van der Waals surface area contributed by atoms with E-state index >= 15 is 0 Å². The van der Waals surface area contributed by atoms with Gasteiger partial charge in [-0.2, -0.15) is 0 Å². The number of amides is 1. The minimum absolute atomic E-state index is 0.0423. The summed E-state index contributed by atoms with van der Waals surface area (Å²) < 4.78 is 10.9. The van der Waals surface area contributed by atoms with Gasteiger partial charge in [-0.1, -0.05) is 12.1 Å². The minimum Gasteiger partial charge on any atom is -0.484 e. The molecule has 10 nitrogen and oxygen atoms in total. The number of ether oxygens (including phenoxy) is 2. The lowest BCUT2D eigenvalue weighted by atomic mass is 10.1. The second kappa shape index (κ2) is 12.5. The maximum absolute atomic E-state index is 12.0. The van der Waals surface area contributed by atoms with Crippen LogP contribution in [-0.4, -0.2) is 62.0 Å². The van der Waals surface area contributed by atoms with E-state index in [1.807, 2.05) is 50.1 Å². The topological polar surface area (TPSA) is 138 Å². The molecule has 0 aliphatic heterocycles. The number of carbonyl (C=O) groups is 1. The Bertz CT molecular complexity index is 1200. The van der Waals surface area contributed by atoms with E-state index in [9.17, 15) is 4.79 Å². The first-order valence-corrected chi connectivity index (χ1v) is 11.6. The van der Waals surface area contributed by atoms with Crippen LogP contribution >= 0.6 is 0 Å². The number of nitrogens with zero attached hydrogens (tertiary/aromatic N) is 3. The first-order chi connectivity index (χ1) is 17.3. The zero-order chi connectivity index (χ0) is 26.1. The van der Waals surface area contributed by atoms with E-state index in [0.717, 1.165) is 11.3 Å². The Morgan fingerprint density at radius 3 is 2.72 bits per heavy atom. The molecule has 1 amide bonds. The quantitative estimate of drug-likeness (QED) is 0.223. The summed E-state index contributed by atoms with van der Waals surface area (Å²) in [5, 5.41) is 13.7. The van der Waals surface area contributed by atoms with E-state index in [4.69, 9.17) is 30.6 Å². The molecular weight excluding hydrogens is 458 g/mol. The molecule has 0 aliphatic carbocycles. The number of hydrogen-bond donors (Lipinski definition) is 4. The zero-order valence-corrected chi connectivity index (χ0v) is 21.0. The van der Waals surface area contributed by atoms with Crippen molar-refractivity contribution in [2.45, 2.75) is 19.9 Å². The number of benzene rings is 2. The fourth-order valence-corrected chi connectivity index (χ4v) is 3.33. The predicted molar refractivity (Wildman–Crippen MR) is 143 cm³/mol. The van der Waals surface area contributed by atoms with Gasteiger partial charge in [0.25, 0.3) is 5.91 Å². The highest BCUT2D eigenvalue weighted by Crippen LogP contribution is 2.27. The number of hydrogen-bond acceptors (Lipinski definition) is 9. The zero-order valence-electron chi connectivity index (χ0n) is 21.0. The van der Waals surface area contributed by atoms with Crippen LogP contribution in [0.5, 0.6) is 5.75 Å². The van der Waals surface area contributed by atoms with Gasteiger partial charge < -0.3 is 36.2 Å². The Balaban J connectivity index is 1.92. The molecule has 5 N–H and O–H groups in total. The van der Waals surface area contributed by atoms with Crippen LogP contribution in [0, 0.1) is 5.41 Å². The van der Waals surface area contributed by atoms with Crippen LogP contribution in [0.2, 0.25) is 0 Å². The Kier molecular flexibility index (Phi) is 9.18. The number of nitrogens with one attached hydrogen (secondary N) is 3. The Morgan fingerprint density at radius 2 is 2.00 bits per heavy atom. The monoisotopic (exact) mass is 491 g/mol. The summed E-state index contributed by atoms with van der Waals surface area (Å²) in [5.74, 6) is 2.11. The van der Waals surface area contributed by atoms with Crippen molar-refractivity contribution in [3.8, 4) is 17.1 Å². The van der Waals surface area contributed by atoms with Crippen LogP contribution in [0.25, 0.3) is 11.4 Å². The van der Waals surface area contributed by atoms with Crippen molar-refractivity contribution in [1.29, 1.82) is 5.41 Å². The normalized spacial score (nSPS) is 10.7. The molecule has 0 fully saturated rings. The van der Waals surface area contributed by atoms with Crippen LogP contribution in [0.3, 0.4) is 0 Å². The Labute approximate surface area is 211 Å². The summed E-state index contributed by atoms with van der Waals surface area (Å²) in [6.45, 7) is 4.89. The molecule has 0 aliphatic rings. The van der Waals surface area contributed by atoms with Gasteiger partial charge in [0, 0.05) is 61.5 Å². The van der Waals surface area contributed by atoms with Crippen LogP contribution in [0.1, 0.15) is 19.4 Å². The van der Waals surface area contributed by atoms with Crippen molar-refractivity contribution >= 4 is 35.1 Å². The maximum atomic E-state index is 12.0. The number of aromatic nitrogens is 2. The fourth-order valence-electron chi connectivity index (χ4n) is 3.33. The second-order valence-corrected chi connectivity index (χ2v) is 8.50. The molecule has 0 saturated carbocycles. The standard InChI is InChI=1S/C26H33N7O3/c1-17(2)29-25(34)16-36-21-7-5-6-18(13-21)26-31-23(14-24(32-26)33(3)10-11-35-4)30-20-8-9-22(28)19(12-20)15-27/h5-9,12-15,17,27H,10-11,16,28H2,1-4H3,(H,29,34)(H,30,31,32). The maximum Gasteiger partial charge on any atom is 0.258 e. The number of nitrogens with two attached hydrogens (primary N) is 1. The molecule has 10 heteroatoms. The van der Waals surface area contributed by atoms with E-state index in [1.165, 1.54) is 6.21 Å². The summed E-state index contributed by atoms with van der Waals surface area (Å²) in [6, 6.07) is 14.5. The van der Waals surface area contributed by atoms with Crippen molar-refractivity contribution in [2.75, 3.05) is 49.9 Å². The van der Waals surface area contributed by atoms with Gasteiger partial charge in [0.15, 0.2) is 12.4 Å². The summed E-state index contributed by atoms with van der Waals surface area (Å²) in [5.41, 5.74) is 8.54. The average molecular weight is 492 g/mol. The molecule has 190 valence electrons. The first-order valence-electron chi connectivity index (χ1n) is 11.6. The van der Waals surface area contributed by atoms with Gasteiger partial charge in [0.2, 0.25) is 0 Å². The predicted octanol–water partition coefficient (Wildman–Crippen LogP) is 3.45. The number of rotatable bonds is 12. The largest absolute Gasteiger partial charge is 0.484 e. The summed E-state index contributed by atoms with van der Waals surface area (Å²) in [4.78, 5) is 23.4. The molecule has 0 spiro atoms. The summed E-state index contributed by atoms with van der Waals surface area (Å²) in [7, 11) is 3.58. The van der Waals surface area contributed by atoms with Gasteiger partial charge in [-0.05, 0) is 44.2 Å². The van der Waals surface area contributed by atoms with Gasteiger partial charge in [0.05, 0.1) is 6.61 Å². The summed E-state index contributed by atoms with van der Waals surface area (Å²) >= 11 is 0. The third-order valence-corrected chi connectivity index (χ3v) is 5.16. The number of methoxy groups -OCH3 is 1. The average Bonchev–Trinajstić information content (AvgIpc) is 2.86. The molecule has 0 radical (unpaired) electrons. The first kappa shape index (κ1) is 26.4.